The first-order valence-electron chi connectivity index (χ1n) is 12.5. The number of likely N-dealkylation sites (tertiary alicyclic amines) is 1. The second-order valence-electron chi connectivity index (χ2n) is 10.1. The minimum atomic E-state index is -0.992. The number of amides is 1. The molecule has 192 valence electrons. The zero-order valence-corrected chi connectivity index (χ0v) is 21.2. The third kappa shape index (κ3) is 5.32. The van der Waals surface area contributed by atoms with Crippen LogP contribution in [-0.2, 0) is 21.6 Å². The molecule has 1 aliphatic carbocycles. The van der Waals surface area contributed by atoms with Crippen molar-refractivity contribution in [1.29, 1.82) is 0 Å². The number of carbonyl (C=O) groups excluding carboxylic acids is 2. The lowest BCUT2D eigenvalue weighted by atomic mass is 9.55. The zero-order chi connectivity index (χ0) is 25.8. The number of β-amino-alcohol motifs (C(OH)–C–C–N with tert-alkyl or cyclic N) is 1. The Kier molecular flexibility index (Phi) is 7.81. The van der Waals surface area contributed by atoms with Crippen molar-refractivity contribution in [2.24, 2.45) is 0 Å². The Hall–Kier alpha value is -3.16. The van der Waals surface area contributed by atoms with Crippen molar-refractivity contribution < 1.29 is 24.2 Å². The number of piperidine rings is 1. The van der Waals surface area contributed by atoms with Gasteiger partial charge in [0.25, 0.3) is 0 Å². The van der Waals surface area contributed by atoms with Crippen LogP contribution in [0.25, 0.3) is 0 Å². The number of carbonyl (C=O) groups is 2. The van der Waals surface area contributed by atoms with E-state index in [-0.39, 0.29) is 24.7 Å². The van der Waals surface area contributed by atoms with E-state index in [4.69, 9.17) is 9.47 Å². The molecule has 0 spiro atoms. The molecule has 2 aromatic carbocycles. The first-order chi connectivity index (χ1) is 17.3. The van der Waals surface area contributed by atoms with Crippen LogP contribution in [0, 0.1) is 0 Å². The van der Waals surface area contributed by atoms with E-state index in [0.29, 0.717) is 44.5 Å². The van der Waals surface area contributed by atoms with Crippen molar-refractivity contribution in [3.63, 3.8) is 0 Å². The normalized spacial score (nSPS) is 25.9. The van der Waals surface area contributed by atoms with Gasteiger partial charge in [-0.1, -0.05) is 48.5 Å². The molecule has 2 fully saturated rings. The van der Waals surface area contributed by atoms with E-state index in [9.17, 15) is 14.7 Å². The van der Waals surface area contributed by atoms with Crippen molar-refractivity contribution >= 4 is 12.1 Å². The Morgan fingerprint density at radius 3 is 2.69 bits per heavy atom. The number of ether oxygens (including phenoxy) is 2. The minimum absolute atomic E-state index is 0.100. The van der Waals surface area contributed by atoms with E-state index in [1.807, 2.05) is 54.6 Å². The van der Waals surface area contributed by atoms with Gasteiger partial charge in [-0.2, -0.15) is 0 Å². The summed E-state index contributed by atoms with van der Waals surface area (Å²) < 4.78 is 11.0. The Morgan fingerprint density at radius 1 is 1.19 bits per heavy atom. The van der Waals surface area contributed by atoms with Crippen LogP contribution < -0.4 is 4.74 Å². The Bertz CT molecular complexity index is 1090. The molecule has 36 heavy (non-hydrogen) atoms. The fourth-order valence-electron chi connectivity index (χ4n) is 5.90. The van der Waals surface area contributed by atoms with Gasteiger partial charge in [-0.05, 0) is 55.5 Å². The van der Waals surface area contributed by atoms with Crippen LogP contribution in [0.1, 0.15) is 43.7 Å². The van der Waals surface area contributed by atoms with Gasteiger partial charge < -0.3 is 19.5 Å². The molecule has 1 heterocycles. The van der Waals surface area contributed by atoms with E-state index < -0.39 is 11.0 Å². The summed E-state index contributed by atoms with van der Waals surface area (Å²) in [6.07, 6.45) is 4.00. The largest absolute Gasteiger partial charge is 0.445 e. The number of esters is 1. The van der Waals surface area contributed by atoms with E-state index in [1.54, 1.807) is 18.0 Å². The molecule has 2 aromatic rings. The molecule has 1 saturated heterocycles. The molecule has 1 aliphatic heterocycles. The van der Waals surface area contributed by atoms with Gasteiger partial charge in [0.05, 0.1) is 5.60 Å². The molecule has 4 rings (SSSR count). The topological polar surface area (TPSA) is 79.3 Å². The Balaban J connectivity index is 1.59. The first kappa shape index (κ1) is 25.9. The maximum absolute atomic E-state index is 13.0. The summed E-state index contributed by atoms with van der Waals surface area (Å²) in [7, 11) is 1.78. The van der Waals surface area contributed by atoms with Crippen LogP contribution in [0.2, 0.25) is 0 Å². The van der Waals surface area contributed by atoms with Gasteiger partial charge >= 0.3 is 12.1 Å². The lowest BCUT2D eigenvalue weighted by Gasteiger charge is -2.58. The molecule has 0 aromatic heterocycles. The summed E-state index contributed by atoms with van der Waals surface area (Å²) in [5, 5.41) is 12.1. The maximum atomic E-state index is 13.0. The average Bonchev–Trinajstić information content (AvgIpc) is 2.87. The fraction of sp³-hybridized carbons (Fsp3) is 0.448. The molecule has 1 amide bonds. The van der Waals surface area contributed by atoms with Gasteiger partial charge in [0.15, 0.2) is 0 Å². The van der Waals surface area contributed by atoms with Crippen LogP contribution in [0.4, 0.5) is 4.79 Å². The monoisotopic (exact) mass is 492 g/mol. The highest BCUT2D eigenvalue weighted by molar-refractivity contribution is 5.69. The molecule has 3 atom stereocenters. The minimum Gasteiger partial charge on any atom is -0.445 e. The SMILES string of the molecule is C=CCN1CC[C@@]2(c3cccc(OC(C)=O)c3)C[C@H](N(C)C(=O)OCc3ccccc3)CC[C@]2(O)C1. The standard InChI is InChI=1S/C29H36N2O5/c1-4-16-31-17-15-28(24-11-8-12-26(18-24)36-22(2)32)19-25(13-14-29(28,34)21-31)30(3)27(33)35-20-23-9-6-5-7-10-23/h4-12,18,25,34H,1,13-17,19-21H2,2-3H3/t25-,28+,29+/m1/s1. The van der Waals surface area contributed by atoms with Gasteiger partial charge in [0.1, 0.15) is 12.4 Å². The summed E-state index contributed by atoms with van der Waals surface area (Å²) in [5.41, 5.74) is 0.273. The molecular formula is C29H36N2O5. The summed E-state index contributed by atoms with van der Waals surface area (Å²) in [4.78, 5) is 28.5. The molecule has 1 N–H and O–H groups in total. The average molecular weight is 493 g/mol. The van der Waals surface area contributed by atoms with Gasteiger partial charge in [-0.3, -0.25) is 9.69 Å². The quantitative estimate of drug-likeness (QED) is 0.353. The number of hydrogen-bond acceptors (Lipinski definition) is 6. The highest BCUT2D eigenvalue weighted by Gasteiger charge is 2.58. The fourth-order valence-corrected chi connectivity index (χ4v) is 5.90. The Morgan fingerprint density at radius 2 is 1.97 bits per heavy atom. The van der Waals surface area contributed by atoms with Crippen LogP contribution in [0.15, 0.2) is 67.3 Å². The number of benzene rings is 2. The number of rotatable bonds is 7. The van der Waals surface area contributed by atoms with Crippen LogP contribution in [-0.4, -0.2) is 65.3 Å². The van der Waals surface area contributed by atoms with Crippen molar-refractivity contribution in [2.45, 2.75) is 56.3 Å². The second kappa shape index (κ2) is 10.8. The molecule has 7 heteroatoms. The van der Waals surface area contributed by atoms with E-state index in [0.717, 1.165) is 17.7 Å². The van der Waals surface area contributed by atoms with Gasteiger partial charge in [-0.15, -0.1) is 6.58 Å². The summed E-state index contributed by atoms with van der Waals surface area (Å²) in [5.74, 6) is 0.0751. The molecule has 2 aliphatic rings. The summed E-state index contributed by atoms with van der Waals surface area (Å²) >= 11 is 0. The van der Waals surface area contributed by atoms with E-state index >= 15 is 0 Å². The molecular weight excluding hydrogens is 456 g/mol. The summed E-state index contributed by atoms with van der Waals surface area (Å²) in [6, 6.07) is 17.0. The third-order valence-electron chi connectivity index (χ3n) is 7.78. The van der Waals surface area contributed by atoms with Crippen LogP contribution >= 0.6 is 0 Å². The van der Waals surface area contributed by atoms with Gasteiger partial charge in [-0.25, -0.2) is 4.79 Å². The lowest BCUT2D eigenvalue weighted by Crippen LogP contribution is -2.67. The number of aliphatic hydroxyl groups is 1. The zero-order valence-electron chi connectivity index (χ0n) is 21.2. The predicted molar refractivity (Wildman–Crippen MR) is 138 cm³/mol. The highest BCUT2D eigenvalue weighted by Crippen LogP contribution is 2.52. The van der Waals surface area contributed by atoms with Gasteiger partial charge in [0, 0.05) is 38.5 Å². The second-order valence-corrected chi connectivity index (χ2v) is 10.1. The molecule has 7 nitrogen and oxygen atoms in total. The number of hydrogen-bond donors (Lipinski definition) is 1. The third-order valence-corrected chi connectivity index (χ3v) is 7.78. The number of fused-ring (bicyclic) bond motifs is 1. The lowest BCUT2D eigenvalue weighted by molar-refractivity contribution is -0.132. The number of nitrogens with zero attached hydrogens (tertiary/aromatic N) is 2. The van der Waals surface area contributed by atoms with Crippen molar-refractivity contribution in [1.82, 2.24) is 9.80 Å². The van der Waals surface area contributed by atoms with Crippen LogP contribution in [0.3, 0.4) is 0 Å². The summed E-state index contributed by atoms with van der Waals surface area (Å²) in [6.45, 7) is 7.47. The molecule has 0 radical (unpaired) electrons. The van der Waals surface area contributed by atoms with E-state index in [1.165, 1.54) is 6.92 Å². The van der Waals surface area contributed by atoms with Crippen molar-refractivity contribution in [2.75, 3.05) is 26.7 Å². The predicted octanol–water partition coefficient (Wildman–Crippen LogP) is 4.29. The molecule has 0 bridgehead atoms. The van der Waals surface area contributed by atoms with Crippen molar-refractivity contribution in [3.05, 3.63) is 78.4 Å². The van der Waals surface area contributed by atoms with Gasteiger partial charge in [0.2, 0.25) is 0 Å². The van der Waals surface area contributed by atoms with Crippen molar-refractivity contribution in [3.8, 4) is 5.75 Å². The first-order valence-corrected chi connectivity index (χ1v) is 12.5. The Labute approximate surface area is 213 Å². The highest BCUT2D eigenvalue weighted by atomic mass is 16.6. The smallest absolute Gasteiger partial charge is 0.410 e. The van der Waals surface area contributed by atoms with E-state index in [2.05, 4.69) is 11.5 Å². The maximum Gasteiger partial charge on any atom is 0.410 e. The molecule has 0 unspecified atom stereocenters. The molecule has 1 saturated carbocycles. The van der Waals surface area contributed by atoms with Crippen LogP contribution in [0.5, 0.6) is 5.75 Å².